The largest absolute Gasteiger partial charge is 0.493 e. The summed E-state index contributed by atoms with van der Waals surface area (Å²) in [5.41, 5.74) is 3.81. The van der Waals surface area contributed by atoms with E-state index >= 15 is 0 Å². The highest BCUT2D eigenvalue weighted by Gasteiger charge is 2.06. The van der Waals surface area contributed by atoms with Crippen molar-refractivity contribution in [2.45, 2.75) is 26.3 Å². The maximum atomic E-state index is 6.00. The third-order valence-corrected chi connectivity index (χ3v) is 3.36. The third-order valence-electron chi connectivity index (χ3n) is 3.36. The number of rotatable bonds is 7. The monoisotopic (exact) mass is 269 g/mol. The van der Waals surface area contributed by atoms with Crippen LogP contribution in [0.5, 0.6) is 5.75 Å². The lowest BCUT2D eigenvalue weighted by Gasteiger charge is -2.14. The highest BCUT2D eigenvalue weighted by molar-refractivity contribution is 5.40. The van der Waals surface area contributed by atoms with Crippen molar-refractivity contribution in [3.63, 3.8) is 0 Å². The average Bonchev–Trinajstić information content (AvgIpc) is 2.47. The Bertz CT molecular complexity index is 522. The van der Waals surface area contributed by atoms with E-state index in [-0.39, 0.29) is 0 Å². The van der Waals surface area contributed by atoms with Gasteiger partial charge < -0.3 is 10.1 Å². The minimum Gasteiger partial charge on any atom is -0.493 e. The van der Waals surface area contributed by atoms with Gasteiger partial charge in [-0.25, -0.2) is 0 Å². The van der Waals surface area contributed by atoms with Crippen molar-refractivity contribution in [1.82, 2.24) is 5.32 Å². The first-order valence-corrected chi connectivity index (χ1v) is 7.21. The highest BCUT2D eigenvalue weighted by Crippen LogP contribution is 2.23. The standard InChI is InChI=1S/C18H23NO/c1-15-8-6-12-17(14-19-2)18(15)20-13-7-11-16-9-4-3-5-10-16/h3-6,8-10,12,19H,7,11,13-14H2,1-2H3. The van der Waals surface area contributed by atoms with E-state index in [1.165, 1.54) is 16.7 Å². The van der Waals surface area contributed by atoms with Crippen LogP contribution in [0.2, 0.25) is 0 Å². The summed E-state index contributed by atoms with van der Waals surface area (Å²) in [6, 6.07) is 16.9. The Morgan fingerprint density at radius 1 is 1.00 bits per heavy atom. The van der Waals surface area contributed by atoms with Gasteiger partial charge in [-0.1, -0.05) is 48.5 Å². The van der Waals surface area contributed by atoms with Crippen LogP contribution in [0.1, 0.15) is 23.1 Å². The molecule has 0 atom stereocenters. The summed E-state index contributed by atoms with van der Waals surface area (Å²) in [7, 11) is 1.96. The molecule has 0 unspecified atom stereocenters. The third kappa shape index (κ3) is 4.10. The first-order valence-electron chi connectivity index (χ1n) is 7.21. The molecule has 2 nitrogen and oxygen atoms in total. The molecule has 0 saturated heterocycles. The molecule has 0 spiro atoms. The van der Waals surface area contributed by atoms with Crippen LogP contribution in [0.25, 0.3) is 0 Å². The fourth-order valence-electron chi connectivity index (χ4n) is 2.34. The second kappa shape index (κ2) is 7.71. The van der Waals surface area contributed by atoms with E-state index in [4.69, 9.17) is 4.74 Å². The van der Waals surface area contributed by atoms with Gasteiger partial charge in [0.05, 0.1) is 6.61 Å². The minimum absolute atomic E-state index is 0.760. The van der Waals surface area contributed by atoms with E-state index in [1.54, 1.807) is 0 Å². The quantitative estimate of drug-likeness (QED) is 0.773. The van der Waals surface area contributed by atoms with Gasteiger partial charge in [0.1, 0.15) is 5.75 Å². The van der Waals surface area contributed by atoms with Gasteiger partial charge in [0.2, 0.25) is 0 Å². The van der Waals surface area contributed by atoms with Crippen LogP contribution in [-0.4, -0.2) is 13.7 Å². The lowest BCUT2D eigenvalue weighted by Crippen LogP contribution is -2.09. The predicted molar refractivity (Wildman–Crippen MR) is 84.2 cm³/mol. The van der Waals surface area contributed by atoms with Gasteiger partial charge >= 0.3 is 0 Å². The Morgan fingerprint density at radius 3 is 2.55 bits per heavy atom. The Labute approximate surface area is 121 Å². The molecule has 2 aromatic carbocycles. The number of ether oxygens (including phenoxy) is 1. The summed E-state index contributed by atoms with van der Waals surface area (Å²) < 4.78 is 6.00. The highest BCUT2D eigenvalue weighted by atomic mass is 16.5. The molecule has 0 fully saturated rings. The molecule has 2 heteroatoms. The molecule has 106 valence electrons. The summed E-state index contributed by atoms with van der Waals surface area (Å²) >= 11 is 0. The van der Waals surface area contributed by atoms with E-state index in [9.17, 15) is 0 Å². The smallest absolute Gasteiger partial charge is 0.126 e. The lowest BCUT2D eigenvalue weighted by atomic mass is 10.1. The molecule has 0 aliphatic rings. The molecule has 0 saturated carbocycles. The number of hydrogen-bond acceptors (Lipinski definition) is 2. The van der Waals surface area contributed by atoms with Gasteiger partial charge in [0.15, 0.2) is 0 Å². The van der Waals surface area contributed by atoms with E-state index in [0.717, 1.165) is 31.7 Å². The van der Waals surface area contributed by atoms with Gasteiger partial charge in [-0.3, -0.25) is 0 Å². The second-order valence-corrected chi connectivity index (χ2v) is 5.03. The van der Waals surface area contributed by atoms with E-state index in [0.29, 0.717) is 0 Å². The van der Waals surface area contributed by atoms with E-state index in [1.807, 2.05) is 7.05 Å². The molecular weight excluding hydrogens is 246 g/mol. The summed E-state index contributed by atoms with van der Waals surface area (Å²) in [6.45, 7) is 3.71. The maximum absolute atomic E-state index is 6.00. The van der Waals surface area contributed by atoms with Crippen LogP contribution < -0.4 is 10.1 Å². The number of hydrogen-bond donors (Lipinski definition) is 1. The average molecular weight is 269 g/mol. The molecule has 0 heterocycles. The first-order chi connectivity index (χ1) is 9.81. The molecule has 0 bridgehead atoms. The van der Waals surface area contributed by atoms with Crippen LogP contribution >= 0.6 is 0 Å². The molecule has 0 aliphatic carbocycles. The maximum Gasteiger partial charge on any atom is 0.126 e. The Kier molecular flexibility index (Phi) is 5.63. The van der Waals surface area contributed by atoms with Crippen molar-refractivity contribution in [3.05, 3.63) is 65.2 Å². The van der Waals surface area contributed by atoms with Gasteiger partial charge in [-0.05, 0) is 37.9 Å². The Hall–Kier alpha value is -1.80. The summed E-state index contributed by atoms with van der Waals surface area (Å²) in [6.07, 6.45) is 2.10. The van der Waals surface area contributed by atoms with E-state index in [2.05, 4.69) is 60.8 Å². The van der Waals surface area contributed by atoms with Gasteiger partial charge in [0, 0.05) is 12.1 Å². The van der Waals surface area contributed by atoms with Crippen LogP contribution in [-0.2, 0) is 13.0 Å². The number of nitrogens with one attached hydrogen (secondary N) is 1. The summed E-state index contributed by atoms with van der Waals surface area (Å²) in [4.78, 5) is 0. The first kappa shape index (κ1) is 14.6. The number of para-hydroxylation sites is 1. The molecule has 2 aromatic rings. The van der Waals surface area contributed by atoms with Crippen LogP contribution in [0, 0.1) is 6.92 Å². The fourth-order valence-corrected chi connectivity index (χ4v) is 2.34. The van der Waals surface area contributed by atoms with Crippen molar-refractivity contribution in [1.29, 1.82) is 0 Å². The zero-order valence-electron chi connectivity index (χ0n) is 12.4. The van der Waals surface area contributed by atoms with Crippen molar-refractivity contribution in [2.24, 2.45) is 0 Å². The molecule has 0 aromatic heterocycles. The predicted octanol–water partition coefficient (Wildman–Crippen LogP) is 3.73. The molecule has 2 rings (SSSR count). The lowest BCUT2D eigenvalue weighted by molar-refractivity contribution is 0.305. The zero-order chi connectivity index (χ0) is 14.2. The van der Waals surface area contributed by atoms with Crippen LogP contribution in [0.3, 0.4) is 0 Å². The van der Waals surface area contributed by atoms with Crippen molar-refractivity contribution in [2.75, 3.05) is 13.7 Å². The summed E-state index contributed by atoms with van der Waals surface area (Å²) in [5, 5.41) is 3.19. The molecule has 0 radical (unpaired) electrons. The molecule has 0 amide bonds. The molecular formula is C18H23NO. The minimum atomic E-state index is 0.760. The Balaban J connectivity index is 1.87. The SMILES string of the molecule is CNCc1cccc(C)c1OCCCc1ccccc1. The zero-order valence-corrected chi connectivity index (χ0v) is 12.4. The van der Waals surface area contributed by atoms with Crippen molar-refractivity contribution < 1.29 is 4.74 Å². The van der Waals surface area contributed by atoms with Crippen LogP contribution in [0.15, 0.2) is 48.5 Å². The van der Waals surface area contributed by atoms with Crippen LogP contribution in [0.4, 0.5) is 0 Å². The molecule has 1 N–H and O–H groups in total. The van der Waals surface area contributed by atoms with Gasteiger partial charge in [0.25, 0.3) is 0 Å². The van der Waals surface area contributed by atoms with Crippen molar-refractivity contribution >= 4 is 0 Å². The Morgan fingerprint density at radius 2 is 1.80 bits per heavy atom. The number of benzene rings is 2. The van der Waals surface area contributed by atoms with Gasteiger partial charge in [-0.15, -0.1) is 0 Å². The molecule has 0 aliphatic heterocycles. The number of aryl methyl sites for hydroxylation is 2. The molecule has 20 heavy (non-hydrogen) atoms. The van der Waals surface area contributed by atoms with Crippen molar-refractivity contribution in [3.8, 4) is 5.75 Å². The van der Waals surface area contributed by atoms with Gasteiger partial charge in [-0.2, -0.15) is 0 Å². The summed E-state index contributed by atoms with van der Waals surface area (Å²) in [5.74, 6) is 1.04. The normalized spacial score (nSPS) is 10.5. The second-order valence-electron chi connectivity index (χ2n) is 5.03. The topological polar surface area (TPSA) is 21.3 Å². The van der Waals surface area contributed by atoms with E-state index < -0.39 is 0 Å². The fraction of sp³-hybridized carbons (Fsp3) is 0.333.